The maximum atomic E-state index is 13.1. The minimum Gasteiger partial charge on any atom is -0.480 e. The molecule has 0 amide bonds. The molecule has 6 heteroatoms. The van der Waals surface area contributed by atoms with Crippen molar-refractivity contribution in [2.24, 2.45) is 4.99 Å². The van der Waals surface area contributed by atoms with Gasteiger partial charge in [-0.1, -0.05) is 42.6 Å². The highest BCUT2D eigenvalue weighted by molar-refractivity contribution is 8.15. The zero-order valence-corrected chi connectivity index (χ0v) is 15.2. The molecule has 0 aliphatic carbocycles. The number of aliphatic imine (C=N–C) groups is 1. The standard InChI is InChI=1S/C20H17FN2O2S/c1-12(19-23-14(3)10-18(26-19)20(24)25)4-9-17(13(2)11-22)15-5-7-16(21)8-6-15/h4-10,18H,2H2,1,3H3,(H,24,25)/b12-4+,17-9+. The van der Waals surface area contributed by atoms with Gasteiger partial charge in [-0.15, -0.1) is 0 Å². The lowest BCUT2D eigenvalue weighted by Gasteiger charge is -2.16. The molecule has 0 radical (unpaired) electrons. The van der Waals surface area contributed by atoms with Gasteiger partial charge < -0.3 is 5.11 Å². The minimum absolute atomic E-state index is 0.249. The van der Waals surface area contributed by atoms with Gasteiger partial charge in [-0.25, -0.2) is 9.38 Å². The molecule has 2 rings (SSSR count). The highest BCUT2D eigenvalue weighted by Gasteiger charge is 2.22. The van der Waals surface area contributed by atoms with Crippen molar-refractivity contribution >= 4 is 28.3 Å². The fourth-order valence-corrected chi connectivity index (χ4v) is 3.30. The Morgan fingerprint density at radius 3 is 2.62 bits per heavy atom. The molecule has 0 saturated heterocycles. The summed E-state index contributed by atoms with van der Waals surface area (Å²) in [6.07, 6.45) is 5.06. The summed E-state index contributed by atoms with van der Waals surface area (Å²) >= 11 is 1.15. The SMILES string of the molecule is C=C(C#N)/C(=C\C=C(/C)C1=NC(C)=CC(C(=O)O)S1)c1ccc(F)cc1. The van der Waals surface area contributed by atoms with Crippen LogP contribution in [0.2, 0.25) is 0 Å². The lowest BCUT2D eigenvalue weighted by molar-refractivity contribution is -0.135. The molecule has 0 aromatic heterocycles. The van der Waals surface area contributed by atoms with Gasteiger partial charge >= 0.3 is 5.97 Å². The van der Waals surface area contributed by atoms with E-state index in [0.29, 0.717) is 21.9 Å². The molecule has 26 heavy (non-hydrogen) atoms. The van der Waals surface area contributed by atoms with Gasteiger partial charge in [0.25, 0.3) is 0 Å². The molecule has 1 aromatic carbocycles. The predicted octanol–water partition coefficient (Wildman–Crippen LogP) is 4.74. The Kier molecular flexibility index (Phi) is 6.31. The number of halogens is 1. The third kappa shape index (κ3) is 4.80. The van der Waals surface area contributed by atoms with Crippen molar-refractivity contribution in [2.45, 2.75) is 19.1 Å². The average molecular weight is 368 g/mol. The average Bonchev–Trinajstić information content (AvgIpc) is 2.62. The summed E-state index contributed by atoms with van der Waals surface area (Å²) in [6.45, 7) is 7.30. The van der Waals surface area contributed by atoms with Crippen LogP contribution in [0.25, 0.3) is 5.57 Å². The van der Waals surface area contributed by atoms with Gasteiger partial charge in [-0.05, 0) is 48.8 Å². The van der Waals surface area contributed by atoms with E-state index in [-0.39, 0.29) is 11.4 Å². The Balaban J connectivity index is 2.37. The minimum atomic E-state index is -0.921. The fraction of sp³-hybridized carbons (Fsp3) is 0.150. The molecule has 0 fully saturated rings. The fourth-order valence-electron chi connectivity index (χ4n) is 2.24. The number of hydrogen-bond acceptors (Lipinski definition) is 4. The monoisotopic (exact) mass is 368 g/mol. The largest absolute Gasteiger partial charge is 0.480 e. The Morgan fingerprint density at radius 1 is 1.38 bits per heavy atom. The van der Waals surface area contributed by atoms with Crippen LogP contribution in [-0.2, 0) is 4.79 Å². The van der Waals surface area contributed by atoms with Crippen molar-refractivity contribution in [3.63, 3.8) is 0 Å². The molecule has 0 bridgehead atoms. The van der Waals surface area contributed by atoms with E-state index in [2.05, 4.69) is 11.6 Å². The van der Waals surface area contributed by atoms with Crippen molar-refractivity contribution < 1.29 is 14.3 Å². The number of carboxylic acids is 1. The van der Waals surface area contributed by atoms with Crippen LogP contribution in [0.15, 0.2) is 70.9 Å². The first-order valence-electron chi connectivity index (χ1n) is 7.72. The highest BCUT2D eigenvalue weighted by atomic mass is 32.2. The Labute approximate surface area is 155 Å². The normalized spacial score (nSPS) is 17.8. The molecule has 0 saturated carbocycles. The predicted molar refractivity (Wildman–Crippen MR) is 103 cm³/mol. The summed E-state index contributed by atoms with van der Waals surface area (Å²) in [7, 11) is 0. The van der Waals surface area contributed by atoms with Gasteiger partial charge in [0.1, 0.15) is 16.1 Å². The molecule has 1 unspecified atom stereocenters. The lowest BCUT2D eigenvalue weighted by atomic mass is 9.99. The maximum absolute atomic E-state index is 13.1. The first-order valence-corrected chi connectivity index (χ1v) is 8.60. The molecule has 1 N–H and O–H groups in total. The van der Waals surface area contributed by atoms with Gasteiger partial charge in [0.2, 0.25) is 0 Å². The second-order valence-electron chi connectivity index (χ2n) is 5.63. The van der Waals surface area contributed by atoms with Crippen molar-refractivity contribution in [2.75, 3.05) is 0 Å². The molecular weight excluding hydrogens is 351 g/mol. The van der Waals surface area contributed by atoms with Crippen LogP contribution in [0.5, 0.6) is 0 Å². The third-order valence-electron chi connectivity index (χ3n) is 3.61. The number of nitrogens with zero attached hydrogens (tertiary/aromatic N) is 2. The zero-order valence-electron chi connectivity index (χ0n) is 14.4. The third-order valence-corrected chi connectivity index (χ3v) is 4.83. The number of thioether (sulfide) groups is 1. The first-order chi connectivity index (χ1) is 12.3. The van der Waals surface area contributed by atoms with Crippen LogP contribution >= 0.6 is 11.8 Å². The molecule has 1 aromatic rings. The Bertz CT molecular complexity index is 903. The van der Waals surface area contributed by atoms with E-state index >= 15 is 0 Å². The summed E-state index contributed by atoms with van der Waals surface area (Å²) < 4.78 is 13.1. The van der Waals surface area contributed by atoms with E-state index in [0.717, 1.165) is 17.3 Å². The van der Waals surface area contributed by atoms with Gasteiger partial charge in [-0.2, -0.15) is 5.26 Å². The number of aliphatic carboxylic acids is 1. The number of allylic oxidation sites excluding steroid dienone is 5. The maximum Gasteiger partial charge on any atom is 0.321 e. The lowest BCUT2D eigenvalue weighted by Crippen LogP contribution is -2.19. The molecule has 1 aliphatic heterocycles. The molecule has 0 spiro atoms. The van der Waals surface area contributed by atoms with Crippen molar-refractivity contribution in [1.82, 2.24) is 0 Å². The molecule has 1 atom stereocenters. The van der Waals surface area contributed by atoms with Gasteiger partial charge in [-0.3, -0.25) is 4.79 Å². The second-order valence-corrected chi connectivity index (χ2v) is 6.76. The van der Waals surface area contributed by atoms with Crippen molar-refractivity contribution in [3.05, 3.63) is 77.3 Å². The van der Waals surface area contributed by atoms with Crippen molar-refractivity contribution in [3.8, 4) is 6.07 Å². The molecular formula is C20H17FN2O2S. The van der Waals surface area contributed by atoms with Gasteiger partial charge in [0, 0.05) is 5.70 Å². The summed E-state index contributed by atoms with van der Waals surface area (Å²) in [5.74, 6) is -1.28. The summed E-state index contributed by atoms with van der Waals surface area (Å²) in [5.41, 5.74) is 2.88. The van der Waals surface area contributed by atoms with Crippen LogP contribution in [-0.4, -0.2) is 21.4 Å². The van der Waals surface area contributed by atoms with Crippen LogP contribution in [0.4, 0.5) is 4.39 Å². The highest BCUT2D eigenvalue weighted by Crippen LogP contribution is 2.28. The van der Waals surface area contributed by atoms with Gasteiger partial charge in [0.15, 0.2) is 0 Å². The number of rotatable bonds is 5. The van der Waals surface area contributed by atoms with E-state index in [1.165, 1.54) is 12.1 Å². The van der Waals surface area contributed by atoms with Crippen LogP contribution in [0.3, 0.4) is 0 Å². The number of carbonyl (C=O) groups is 1. The number of carboxylic acid groups (broad SMARTS) is 1. The topological polar surface area (TPSA) is 73.5 Å². The van der Waals surface area contributed by atoms with E-state index in [1.807, 2.05) is 13.0 Å². The van der Waals surface area contributed by atoms with Crippen LogP contribution in [0.1, 0.15) is 19.4 Å². The molecule has 132 valence electrons. The smallest absolute Gasteiger partial charge is 0.321 e. The number of nitriles is 1. The van der Waals surface area contributed by atoms with E-state index in [1.54, 1.807) is 37.3 Å². The number of hydrogen-bond donors (Lipinski definition) is 1. The summed E-state index contributed by atoms with van der Waals surface area (Å²) in [6, 6.07) is 7.79. The quantitative estimate of drug-likeness (QED) is 0.602. The van der Waals surface area contributed by atoms with Gasteiger partial charge in [0.05, 0.1) is 11.6 Å². The molecule has 1 aliphatic rings. The first kappa shape index (κ1) is 19.4. The summed E-state index contributed by atoms with van der Waals surface area (Å²) in [4.78, 5) is 15.6. The Hall–Kier alpha value is -2.91. The number of benzene rings is 1. The van der Waals surface area contributed by atoms with Crippen LogP contribution < -0.4 is 0 Å². The Morgan fingerprint density at radius 2 is 2.04 bits per heavy atom. The van der Waals surface area contributed by atoms with E-state index < -0.39 is 11.2 Å². The van der Waals surface area contributed by atoms with E-state index in [9.17, 15) is 19.6 Å². The zero-order chi connectivity index (χ0) is 19.3. The molecule has 1 heterocycles. The van der Waals surface area contributed by atoms with Crippen molar-refractivity contribution in [1.29, 1.82) is 5.26 Å². The second kappa shape index (κ2) is 8.45. The summed E-state index contributed by atoms with van der Waals surface area (Å²) in [5, 5.41) is 18.3. The molecule has 4 nitrogen and oxygen atoms in total. The van der Waals surface area contributed by atoms with Crippen LogP contribution in [0, 0.1) is 17.1 Å². The van der Waals surface area contributed by atoms with E-state index in [4.69, 9.17) is 0 Å².